The smallest absolute Gasteiger partial charge is 0.0121 e. The molecule has 1 saturated carbocycles. The standard InChI is InChI=1S/C12H23N.C2H6/c1-10-7-8-11-5-3-4-6-12(11)13(2)9-10;1-2/h10-12H,3-9H2,1-2H3;1-2H3. The second-order valence-electron chi connectivity index (χ2n) is 5.23. The highest BCUT2D eigenvalue weighted by molar-refractivity contribution is 4.85. The van der Waals surface area contributed by atoms with Crippen LogP contribution in [0.25, 0.3) is 0 Å². The number of fused-ring (bicyclic) bond motifs is 1. The summed E-state index contributed by atoms with van der Waals surface area (Å²) in [7, 11) is 2.34. The quantitative estimate of drug-likeness (QED) is 0.587. The lowest BCUT2D eigenvalue weighted by Crippen LogP contribution is -2.39. The van der Waals surface area contributed by atoms with Gasteiger partial charge in [0, 0.05) is 12.6 Å². The zero-order valence-electron chi connectivity index (χ0n) is 11.1. The van der Waals surface area contributed by atoms with Crippen molar-refractivity contribution in [3.63, 3.8) is 0 Å². The molecule has 0 aromatic rings. The van der Waals surface area contributed by atoms with Crippen molar-refractivity contribution in [2.45, 2.75) is 65.3 Å². The number of hydrogen-bond donors (Lipinski definition) is 0. The van der Waals surface area contributed by atoms with Crippen LogP contribution in [-0.2, 0) is 0 Å². The Balaban J connectivity index is 0.000000531. The average molecular weight is 211 g/mol. The van der Waals surface area contributed by atoms with E-state index in [-0.39, 0.29) is 0 Å². The summed E-state index contributed by atoms with van der Waals surface area (Å²) in [6, 6.07) is 0.929. The summed E-state index contributed by atoms with van der Waals surface area (Å²) in [6.45, 7) is 7.75. The van der Waals surface area contributed by atoms with Gasteiger partial charge in [0.15, 0.2) is 0 Å². The van der Waals surface area contributed by atoms with E-state index in [0.717, 1.165) is 17.9 Å². The fourth-order valence-electron chi connectivity index (χ4n) is 3.32. The zero-order valence-corrected chi connectivity index (χ0v) is 11.1. The van der Waals surface area contributed by atoms with Crippen molar-refractivity contribution in [1.82, 2.24) is 4.90 Å². The van der Waals surface area contributed by atoms with Gasteiger partial charge in [-0.1, -0.05) is 33.6 Å². The lowest BCUT2D eigenvalue weighted by atomic mass is 9.81. The molecule has 0 aromatic heterocycles. The minimum absolute atomic E-state index is 0.926. The van der Waals surface area contributed by atoms with Crippen LogP contribution in [0.5, 0.6) is 0 Å². The van der Waals surface area contributed by atoms with Gasteiger partial charge in [-0.15, -0.1) is 0 Å². The van der Waals surface area contributed by atoms with E-state index in [1.165, 1.54) is 45.1 Å². The number of nitrogens with zero attached hydrogens (tertiary/aromatic N) is 1. The first-order valence-electron chi connectivity index (χ1n) is 6.97. The molecule has 1 heteroatoms. The number of hydrogen-bond acceptors (Lipinski definition) is 1. The fourth-order valence-corrected chi connectivity index (χ4v) is 3.32. The van der Waals surface area contributed by atoms with E-state index in [2.05, 4.69) is 18.9 Å². The topological polar surface area (TPSA) is 3.24 Å². The van der Waals surface area contributed by atoms with Crippen molar-refractivity contribution < 1.29 is 0 Å². The molecule has 15 heavy (non-hydrogen) atoms. The van der Waals surface area contributed by atoms with Crippen LogP contribution >= 0.6 is 0 Å². The molecule has 1 aliphatic heterocycles. The van der Waals surface area contributed by atoms with Gasteiger partial charge in [0.25, 0.3) is 0 Å². The average Bonchev–Trinajstić information content (AvgIpc) is 2.42. The van der Waals surface area contributed by atoms with Gasteiger partial charge in [-0.25, -0.2) is 0 Å². The Morgan fingerprint density at radius 1 is 0.933 bits per heavy atom. The lowest BCUT2D eigenvalue weighted by Gasteiger charge is -2.36. The SMILES string of the molecule is CC.CC1CCC2CCCCC2N(C)C1. The summed E-state index contributed by atoms with van der Waals surface area (Å²) in [6.07, 6.45) is 8.89. The number of rotatable bonds is 0. The molecule has 1 saturated heterocycles. The Bertz CT molecular complexity index is 167. The van der Waals surface area contributed by atoms with Crippen LogP contribution in [0.3, 0.4) is 0 Å². The van der Waals surface area contributed by atoms with Crippen LogP contribution in [0.1, 0.15) is 59.3 Å². The summed E-state index contributed by atoms with van der Waals surface area (Å²) >= 11 is 0. The summed E-state index contributed by atoms with van der Waals surface area (Å²) in [5.41, 5.74) is 0. The van der Waals surface area contributed by atoms with Crippen molar-refractivity contribution in [3.8, 4) is 0 Å². The van der Waals surface area contributed by atoms with Crippen LogP contribution in [0.4, 0.5) is 0 Å². The molecule has 1 heterocycles. The largest absolute Gasteiger partial charge is 0.303 e. The molecule has 0 radical (unpaired) electrons. The summed E-state index contributed by atoms with van der Waals surface area (Å²) in [5, 5.41) is 0. The Morgan fingerprint density at radius 2 is 1.60 bits per heavy atom. The van der Waals surface area contributed by atoms with Gasteiger partial charge >= 0.3 is 0 Å². The van der Waals surface area contributed by atoms with E-state index in [4.69, 9.17) is 0 Å². The summed E-state index contributed by atoms with van der Waals surface area (Å²) in [5.74, 6) is 1.96. The Labute approximate surface area is 96.2 Å². The number of likely N-dealkylation sites (tertiary alicyclic amines) is 1. The van der Waals surface area contributed by atoms with Gasteiger partial charge in [-0.3, -0.25) is 0 Å². The van der Waals surface area contributed by atoms with E-state index in [0.29, 0.717) is 0 Å². The van der Waals surface area contributed by atoms with Gasteiger partial charge in [0.2, 0.25) is 0 Å². The first-order valence-corrected chi connectivity index (χ1v) is 6.97. The molecule has 1 aliphatic carbocycles. The molecule has 2 rings (SSSR count). The molecular weight excluding hydrogens is 182 g/mol. The Hall–Kier alpha value is -0.0400. The third-order valence-electron chi connectivity index (χ3n) is 4.07. The molecule has 3 atom stereocenters. The molecule has 0 bridgehead atoms. The zero-order chi connectivity index (χ0) is 11.3. The van der Waals surface area contributed by atoms with E-state index < -0.39 is 0 Å². The first-order chi connectivity index (χ1) is 7.27. The van der Waals surface area contributed by atoms with Crippen molar-refractivity contribution in [1.29, 1.82) is 0 Å². The van der Waals surface area contributed by atoms with Gasteiger partial charge in [-0.2, -0.15) is 0 Å². The second kappa shape index (κ2) is 6.52. The highest BCUT2D eigenvalue weighted by Crippen LogP contribution is 2.34. The Morgan fingerprint density at radius 3 is 2.33 bits per heavy atom. The Kier molecular flexibility index (Phi) is 5.66. The highest BCUT2D eigenvalue weighted by Gasteiger charge is 2.31. The van der Waals surface area contributed by atoms with E-state index >= 15 is 0 Å². The third-order valence-corrected chi connectivity index (χ3v) is 4.07. The maximum absolute atomic E-state index is 2.64. The van der Waals surface area contributed by atoms with Gasteiger partial charge in [0.1, 0.15) is 0 Å². The van der Waals surface area contributed by atoms with Gasteiger partial charge in [-0.05, 0) is 44.6 Å². The monoisotopic (exact) mass is 211 g/mol. The van der Waals surface area contributed by atoms with E-state index in [1.54, 1.807) is 0 Å². The van der Waals surface area contributed by atoms with Crippen LogP contribution < -0.4 is 0 Å². The molecule has 2 fully saturated rings. The second-order valence-corrected chi connectivity index (χ2v) is 5.23. The summed E-state index contributed by atoms with van der Waals surface area (Å²) < 4.78 is 0. The normalized spacial score (nSPS) is 37.2. The minimum atomic E-state index is 0.926. The molecule has 1 nitrogen and oxygen atoms in total. The molecule has 0 aromatic carbocycles. The highest BCUT2D eigenvalue weighted by atomic mass is 15.1. The van der Waals surface area contributed by atoms with Gasteiger partial charge in [0.05, 0.1) is 0 Å². The molecule has 0 spiro atoms. The van der Waals surface area contributed by atoms with Crippen molar-refractivity contribution >= 4 is 0 Å². The fraction of sp³-hybridized carbons (Fsp3) is 1.00. The van der Waals surface area contributed by atoms with Crippen molar-refractivity contribution in [3.05, 3.63) is 0 Å². The lowest BCUT2D eigenvalue weighted by molar-refractivity contribution is 0.138. The van der Waals surface area contributed by atoms with Crippen LogP contribution in [0, 0.1) is 11.8 Å². The van der Waals surface area contributed by atoms with Crippen LogP contribution in [0.2, 0.25) is 0 Å². The predicted molar refractivity (Wildman–Crippen MR) is 68.1 cm³/mol. The predicted octanol–water partition coefficient (Wildman–Crippen LogP) is 3.93. The van der Waals surface area contributed by atoms with E-state index in [1.807, 2.05) is 13.8 Å². The third kappa shape index (κ3) is 3.48. The molecule has 2 aliphatic rings. The first kappa shape index (κ1) is 13.0. The molecule has 90 valence electrons. The minimum Gasteiger partial charge on any atom is -0.303 e. The molecular formula is C14H29N. The molecule has 0 amide bonds. The van der Waals surface area contributed by atoms with Crippen LogP contribution in [0.15, 0.2) is 0 Å². The molecule has 0 N–H and O–H groups in total. The van der Waals surface area contributed by atoms with Crippen LogP contribution in [-0.4, -0.2) is 24.5 Å². The van der Waals surface area contributed by atoms with Crippen molar-refractivity contribution in [2.24, 2.45) is 11.8 Å². The van der Waals surface area contributed by atoms with Crippen molar-refractivity contribution in [2.75, 3.05) is 13.6 Å². The van der Waals surface area contributed by atoms with Gasteiger partial charge < -0.3 is 4.90 Å². The maximum Gasteiger partial charge on any atom is 0.0121 e. The van der Waals surface area contributed by atoms with E-state index in [9.17, 15) is 0 Å². The summed E-state index contributed by atoms with van der Waals surface area (Å²) in [4.78, 5) is 2.64. The maximum atomic E-state index is 2.64. The molecule has 3 unspecified atom stereocenters.